The third-order valence-corrected chi connectivity index (χ3v) is 5.38. The van der Waals surface area contributed by atoms with Gasteiger partial charge in [-0.15, -0.1) is 0 Å². The van der Waals surface area contributed by atoms with Crippen LogP contribution in [-0.2, 0) is 28.5 Å². The standard InChI is InChI=1S/C23H24N2O9/c1-13(26)24-19-21(31-14(2)27)20-18(12-30-22(34-20)15-6-4-3-5-7-15)33-23(19)32-17-10-8-16(9-11-17)25(28)29/h3-11,18-23H,12H2,1-2H3,(H,24,26)/t18-,19-,20+,21-,22-,23+/m1/s1. The van der Waals surface area contributed by atoms with Crippen molar-refractivity contribution in [3.05, 3.63) is 70.3 Å². The van der Waals surface area contributed by atoms with Crippen LogP contribution in [0, 0.1) is 10.1 Å². The van der Waals surface area contributed by atoms with Crippen LogP contribution in [-0.4, -0.2) is 54.1 Å². The van der Waals surface area contributed by atoms with Crippen molar-refractivity contribution in [3.63, 3.8) is 0 Å². The van der Waals surface area contributed by atoms with Crippen molar-refractivity contribution in [3.8, 4) is 5.75 Å². The van der Waals surface area contributed by atoms with E-state index in [1.807, 2.05) is 30.3 Å². The van der Waals surface area contributed by atoms with Crippen molar-refractivity contribution in [2.24, 2.45) is 0 Å². The first-order chi connectivity index (χ1) is 16.3. The van der Waals surface area contributed by atoms with Crippen molar-refractivity contribution in [2.75, 3.05) is 6.61 Å². The molecule has 0 aliphatic carbocycles. The van der Waals surface area contributed by atoms with E-state index < -0.39 is 53.7 Å². The molecular weight excluding hydrogens is 448 g/mol. The van der Waals surface area contributed by atoms with E-state index in [1.54, 1.807) is 0 Å². The van der Waals surface area contributed by atoms with Gasteiger partial charge in [0.1, 0.15) is 24.0 Å². The number of esters is 1. The summed E-state index contributed by atoms with van der Waals surface area (Å²) in [5.41, 5.74) is 0.678. The van der Waals surface area contributed by atoms with E-state index in [4.69, 9.17) is 23.7 Å². The Morgan fingerprint density at radius 1 is 1.06 bits per heavy atom. The molecule has 0 radical (unpaired) electrons. The molecule has 1 amide bonds. The number of nitro benzene ring substituents is 1. The Labute approximate surface area is 195 Å². The van der Waals surface area contributed by atoms with Gasteiger partial charge in [0.25, 0.3) is 5.69 Å². The van der Waals surface area contributed by atoms with Crippen molar-refractivity contribution < 1.29 is 38.2 Å². The van der Waals surface area contributed by atoms with Gasteiger partial charge in [0, 0.05) is 31.5 Å². The lowest BCUT2D eigenvalue weighted by atomic mass is 9.95. The molecule has 180 valence electrons. The number of fused-ring (bicyclic) bond motifs is 1. The number of non-ortho nitro benzene ring substituents is 1. The minimum Gasteiger partial charge on any atom is -0.463 e. The van der Waals surface area contributed by atoms with E-state index in [0.717, 1.165) is 5.56 Å². The molecule has 0 bridgehead atoms. The number of nitro groups is 1. The van der Waals surface area contributed by atoms with E-state index in [1.165, 1.54) is 38.1 Å². The van der Waals surface area contributed by atoms with Gasteiger partial charge in [0.2, 0.25) is 12.2 Å². The number of nitrogens with zero attached hydrogens (tertiary/aromatic N) is 1. The molecule has 4 rings (SSSR count). The molecule has 2 heterocycles. The highest BCUT2D eigenvalue weighted by molar-refractivity contribution is 5.73. The van der Waals surface area contributed by atoms with Crippen LogP contribution in [0.3, 0.4) is 0 Å². The number of rotatable bonds is 6. The normalized spacial score (nSPS) is 28.3. The van der Waals surface area contributed by atoms with Crippen LogP contribution in [0.5, 0.6) is 5.75 Å². The summed E-state index contributed by atoms with van der Waals surface area (Å²) >= 11 is 0. The number of hydrogen-bond donors (Lipinski definition) is 1. The van der Waals surface area contributed by atoms with Crippen molar-refractivity contribution in [1.82, 2.24) is 5.32 Å². The maximum absolute atomic E-state index is 12.0. The minimum absolute atomic E-state index is 0.103. The van der Waals surface area contributed by atoms with Gasteiger partial charge in [-0.3, -0.25) is 19.7 Å². The second kappa shape index (κ2) is 10.2. The molecule has 6 atom stereocenters. The fourth-order valence-electron chi connectivity index (χ4n) is 3.95. The molecule has 2 aromatic rings. The molecule has 0 spiro atoms. The highest BCUT2D eigenvalue weighted by atomic mass is 16.8. The third kappa shape index (κ3) is 5.33. The van der Waals surface area contributed by atoms with Crippen molar-refractivity contribution in [2.45, 2.75) is 50.8 Å². The highest BCUT2D eigenvalue weighted by Crippen LogP contribution is 2.36. The Bertz CT molecular complexity index is 1030. The number of nitrogens with one attached hydrogen (secondary N) is 1. The molecule has 11 heteroatoms. The number of benzene rings is 2. The van der Waals surface area contributed by atoms with Crippen LogP contribution in [0.2, 0.25) is 0 Å². The molecule has 0 unspecified atom stereocenters. The van der Waals surface area contributed by atoms with E-state index in [2.05, 4.69) is 5.32 Å². The summed E-state index contributed by atoms with van der Waals surface area (Å²) in [4.78, 5) is 34.4. The fraction of sp³-hybridized carbons (Fsp3) is 0.391. The predicted octanol–water partition coefficient (Wildman–Crippen LogP) is 2.25. The summed E-state index contributed by atoms with van der Waals surface area (Å²) in [6, 6.07) is 13.7. The average Bonchev–Trinajstić information content (AvgIpc) is 2.81. The second-order valence-electron chi connectivity index (χ2n) is 7.89. The van der Waals surface area contributed by atoms with Crippen LogP contribution < -0.4 is 10.1 Å². The first kappa shape index (κ1) is 23.6. The first-order valence-electron chi connectivity index (χ1n) is 10.6. The van der Waals surface area contributed by atoms with Crippen LogP contribution in [0.1, 0.15) is 25.7 Å². The van der Waals surface area contributed by atoms with Gasteiger partial charge in [-0.1, -0.05) is 30.3 Å². The summed E-state index contributed by atoms with van der Waals surface area (Å²) in [6.45, 7) is 2.70. The Kier molecular flexibility index (Phi) is 7.06. The van der Waals surface area contributed by atoms with Crippen LogP contribution >= 0.6 is 0 Å². The topological polar surface area (TPSA) is 135 Å². The van der Waals surface area contributed by atoms with Crippen LogP contribution in [0.15, 0.2) is 54.6 Å². The van der Waals surface area contributed by atoms with Crippen molar-refractivity contribution >= 4 is 17.6 Å². The largest absolute Gasteiger partial charge is 0.463 e. The quantitative estimate of drug-likeness (QED) is 0.381. The van der Waals surface area contributed by atoms with Gasteiger partial charge >= 0.3 is 5.97 Å². The minimum atomic E-state index is -1.09. The summed E-state index contributed by atoms with van der Waals surface area (Å²) in [5.74, 6) is -0.694. The van der Waals surface area contributed by atoms with E-state index in [0.29, 0.717) is 0 Å². The Balaban J connectivity index is 1.60. The summed E-state index contributed by atoms with van der Waals surface area (Å²) < 4.78 is 29.6. The SMILES string of the molecule is CC(=O)N[C@H]1[C@@H](Oc2ccc([N+](=O)[O-])cc2)O[C@@H]2CO[C@@H](c3ccccc3)O[C@@H]2[C@@H]1OC(C)=O. The zero-order valence-electron chi connectivity index (χ0n) is 18.5. The lowest BCUT2D eigenvalue weighted by Crippen LogP contribution is -2.68. The zero-order valence-corrected chi connectivity index (χ0v) is 18.5. The van der Waals surface area contributed by atoms with Gasteiger partial charge in [-0.25, -0.2) is 0 Å². The van der Waals surface area contributed by atoms with E-state index in [9.17, 15) is 19.7 Å². The van der Waals surface area contributed by atoms with E-state index >= 15 is 0 Å². The maximum atomic E-state index is 12.0. The number of carbonyl (C=O) groups excluding carboxylic acids is 2. The number of hydrogen-bond acceptors (Lipinski definition) is 9. The molecular formula is C23H24N2O9. The maximum Gasteiger partial charge on any atom is 0.303 e. The molecule has 2 aliphatic heterocycles. The highest BCUT2D eigenvalue weighted by Gasteiger charge is 2.53. The molecule has 0 saturated carbocycles. The second-order valence-corrected chi connectivity index (χ2v) is 7.89. The van der Waals surface area contributed by atoms with Gasteiger partial charge < -0.3 is 29.0 Å². The molecule has 11 nitrogen and oxygen atoms in total. The Morgan fingerprint density at radius 2 is 1.76 bits per heavy atom. The molecule has 2 fully saturated rings. The molecule has 1 N–H and O–H groups in total. The Hall–Kier alpha value is -3.54. The van der Waals surface area contributed by atoms with Crippen LogP contribution in [0.25, 0.3) is 0 Å². The zero-order chi connectivity index (χ0) is 24.2. The van der Waals surface area contributed by atoms with Crippen molar-refractivity contribution in [1.29, 1.82) is 0 Å². The predicted molar refractivity (Wildman–Crippen MR) is 116 cm³/mol. The summed E-state index contributed by atoms with van der Waals surface area (Å²) in [7, 11) is 0. The lowest BCUT2D eigenvalue weighted by molar-refractivity contribution is -0.384. The smallest absolute Gasteiger partial charge is 0.303 e. The van der Waals surface area contributed by atoms with E-state index in [-0.39, 0.29) is 18.0 Å². The molecule has 2 saturated heterocycles. The molecule has 0 aromatic heterocycles. The fourth-order valence-corrected chi connectivity index (χ4v) is 3.95. The molecule has 2 aromatic carbocycles. The molecule has 34 heavy (non-hydrogen) atoms. The number of carbonyl (C=O) groups is 2. The Morgan fingerprint density at radius 3 is 2.38 bits per heavy atom. The first-order valence-corrected chi connectivity index (χ1v) is 10.6. The summed E-state index contributed by atoms with van der Waals surface area (Å²) in [5, 5.41) is 13.7. The third-order valence-electron chi connectivity index (χ3n) is 5.38. The number of amides is 1. The lowest BCUT2D eigenvalue weighted by Gasteiger charge is -2.48. The summed E-state index contributed by atoms with van der Waals surface area (Å²) in [6.07, 6.45) is -4.17. The number of ether oxygens (including phenoxy) is 5. The van der Waals surface area contributed by atoms with Gasteiger partial charge in [0.15, 0.2) is 12.4 Å². The average molecular weight is 472 g/mol. The molecule has 2 aliphatic rings. The van der Waals surface area contributed by atoms with Gasteiger partial charge in [-0.2, -0.15) is 0 Å². The van der Waals surface area contributed by atoms with Gasteiger partial charge in [-0.05, 0) is 12.1 Å². The van der Waals surface area contributed by atoms with Crippen LogP contribution in [0.4, 0.5) is 5.69 Å². The van der Waals surface area contributed by atoms with Gasteiger partial charge in [0.05, 0.1) is 11.5 Å². The monoisotopic (exact) mass is 472 g/mol.